The molecule has 0 fully saturated rings. The molecular formula is C22H20N4O4. The lowest BCUT2D eigenvalue weighted by Crippen LogP contribution is -2.09. The van der Waals surface area contributed by atoms with Gasteiger partial charge in [0.15, 0.2) is 0 Å². The van der Waals surface area contributed by atoms with E-state index in [1.54, 1.807) is 25.1 Å². The van der Waals surface area contributed by atoms with Crippen LogP contribution >= 0.6 is 0 Å². The number of hydrogen-bond acceptors (Lipinski definition) is 7. The first-order valence-corrected chi connectivity index (χ1v) is 9.11. The molecule has 0 aliphatic heterocycles. The number of carboxylic acid groups (broad SMARTS) is 1. The van der Waals surface area contributed by atoms with Crippen molar-refractivity contribution >= 4 is 45.4 Å². The second kappa shape index (κ2) is 8.87. The topological polar surface area (TPSA) is 141 Å². The molecule has 0 radical (unpaired) electrons. The first-order chi connectivity index (χ1) is 14.4. The van der Waals surface area contributed by atoms with Crippen LogP contribution in [-0.2, 0) is 4.74 Å². The van der Waals surface area contributed by atoms with Gasteiger partial charge in [-0.25, -0.2) is 19.6 Å². The zero-order valence-electron chi connectivity index (χ0n) is 16.2. The molecule has 0 unspecified atom stereocenters. The molecule has 0 atom stereocenters. The minimum absolute atomic E-state index is 0.0451. The first kappa shape index (κ1) is 20.5. The van der Waals surface area contributed by atoms with E-state index < -0.39 is 11.9 Å². The number of benzene rings is 2. The largest absolute Gasteiger partial charge is 0.478 e. The Bertz CT molecular complexity index is 1240. The number of hydrogen-bond donors (Lipinski definition) is 3. The Morgan fingerprint density at radius 3 is 1.83 bits per heavy atom. The zero-order valence-corrected chi connectivity index (χ0v) is 16.2. The van der Waals surface area contributed by atoms with E-state index in [0.717, 1.165) is 16.3 Å². The van der Waals surface area contributed by atoms with E-state index >= 15 is 0 Å². The molecule has 30 heavy (non-hydrogen) atoms. The molecule has 0 spiro atoms. The fourth-order valence-electron chi connectivity index (χ4n) is 2.81. The highest BCUT2D eigenvalue weighted by atomic mass is 16.5. The number of rotatable bonds is 3. The Morgan fingerprint density at radius 1 is 0.867 bits per heavy atom. The van der Waals surface area contributed by atoms with Crippen molar-refractivity contribution < 1.29 is 19.4 Å². The maximum atomic E-state index is 11.6. The van der Waals surface area contributed by atoms with E-state index in [2.05, 4.69) is 9.97 Å². The van der Waals surface area contributed by atoms with Gasteiger partial charge in [-0.1, -0.05) is 36.4 Å². The summed E-state index contributed by atoms with van der Waals surface area (Å²) in [7, 11) is 0. The smallest absolute Gasteiger partial charge is 0.341 e. The summed E-state index contributed by atoms with van der Waals surface area (Å²) < 4.78 is 4.90. The Labute approximate surface area is 172 Å². The molecule has 0 saturated carbocycles. The number of nitrogens with two attached hydrogens (primary N) is 2. The minimum atomic E-state index is -1.05. The van der Waals surface area contributed by atoms with Gasteiger partial charge in [-0.05, 0) is 31.2 Å². The number of carbonyl (C=O) groups is 2. The predicted octanol–water partition coefficient (Wildman–Crippen LogP) is 3.51. The quantitative estimate of drug-likeness (QED) is 0.440. The number of nitrogen functional groups attached to an aromatic ring is 2. The predicted molar refractivity (Wildman–Crippen MR) is 115 cm³/mol. The monoisotopic (exact) mass is 404 g/mol. The van der Waals surface area contributed by atoms with Crippen LogP contribution < -0.4 is 11.5 Å². The van der Waals surface area contributed by atoms with Crippen LogP contribution in [0.2, 0.25) is 0 Å². The summed E-state index contributed by atoms with van der Waals surface area (Å²) in [5.41, 5.74) is 13.0. The van der Waals surface area contributed by atoms with Gasteiger partial charge >= 0.3 is 11.9 Å². The summed E-state index contributed by atoms with van der Waals surface area (Å²) in [4.78, 5) is 30.5. The number of esters is 1. The lowest BCUT2D eigenvalue weighted by atomic mass is 10.1. The Kier molecular flexibility index (Phi) is 6.07. The summed E-state index contributed by atoms with van der Waals surface area (Å²) in [6, 6.07) is 18.0. The van der Waals surface area contributed by atoms with Gasteiger partial charge in [0, 0.05) is 10.8 Å². The number of ether oxygens (including phenoxy) is 1. The molecule has 0 saturated heterocycles. The maximum absolute atomic E-state index is 11.6. The highest BCUT2D eigenvalue weighted by molar-refractivity contribution is 5.99. The summed E-state index contributed by atoms with van der Waals surface area (Å²) in [5, 5.41) is 10.5. The van der Waals surface area contributed by atoms with Gasteiger partial charge in [0.05, 0.1) is 17.6 Å². The third-order valence-corrected chi connectivity index (χ3v) is 4.23. The van der Waals surface area contributed by atoms with E-state index in [1.807, 2.05) is 36.4 Å². The zero-order chi connectivity index (χ0) is 21.7. The molecule has 2 heterocycles. The standard InChI is InChI=1S/C12H12N2O2.C10H8N2O2/c1-2-16-12(15)9-7-8-5-3-4-6-10(8)14-11(9)13;11-9-7(10(13)14)5-6-3-1-2-4-8(6)12-9/h3-7H,2H2,1H3,(H2,13,14);1-5H,(H2,11,12)(H,13,14). The summed E-state index contributed by atoms with van der Waals surface area (Å²) >= 11 is 0. The molecule has 0 aliphatic rings. The summed E-state index contributed by atoms with van der Waals surface area (Å²) in [6.45, 7) is 2.08. The van der Waals surface area contributed by atoms with Crippen LogP contribution in [0.3, 0.4) is 0 Å². The van der Waals surface area contributed by atoms with Crippen LogP contribution in [0.1, 0.15) is 27.6 Å². The Hall–Kier alpha value is -4.20. The molecule has 8 nitrogen and oxygen atoms in total. The number of carbonyl (C=O) groups excluding carboxylic acids is 1. The summed E-state index contributed by atoms with van der Waals surface area (Å²) in [6.07, 6.45) is 0. The number of aromatic carboxylic acids is 1. The van der Waals surface area contributed by atoms with Gasteiger partial charge < -0.3 is 21.3 Å². The highest BCUT2D eigenvalue weighted by Crippen LogP contribution is 2.19. The van der Waals surface area contributed by atoms with E-state index in [-0.39, 0.29) is 17.2 Å². The normalized spacial score (nSPS) is 10.3. The van der Waals surface area contributed by atoms with E-state index in [4.69, 9.17) is 21.3 Å². The van der Waals surface area contributed by atoms with Crippen LogP contribution in [0.25, 0.3) is 21.8 Å². The van der Waals surface area contributed by atoms with E-state index in [1.165, 1.54) is 6.07 Å². The van der Waals surface area contributed by atoms with Crippen LogP contribution in [0, 0.1) is 0 Å². The van der Waals surface area contributed by atoms with E-state index in [0.29, 0.717) is 17.7 Å². The average Bonchev–Trinajstić information content (AvgIpc) is 2.73. The van der Waals surface area contributed by atoms with Crippen molar-refractivity contribution in [1.29, 1.82) is 0 Å². The fourth-order valence-corrected chi connectivity index (χ4v) is 2.81. The third kappa shape index (κ3) is 4.44. The molecule has 152 valence electrons. The second-order valence-corrected chi connectivity index (χ2v) is 6.25. The lowest BCUT2D eigenvalue weighted by Gasteiger charge is -2.06. The molecule has 4 aromatic rings. The summed E-state index contributed by atoms with van der Waals surface area (Å²) in [5.74, 6) is -1.23. The second-order valence-electron chi connectivity index (χ2n) is 6.25. The highest BCUT2D eigenvalue weighted by Gasteiger charge is 2.13. The van der Waals surface area contributed by atoms with Gasteiger partial charge in [-0.3, -0.25) is 0 Å². The molecule has 5 N–H and O–H groups in total. The van der Waals surface area contributed by atoms with Gasteiger partial charge in [0.1, 0.15) is 22.8 Å². The molecule has 8 heteroatoms. The van der Waals surface area contributed by atoms with E-state index in [9.17, 15) is 9.59 Å². The average molecular weight is 404 g/mol. The number of nitrogens with zero attached hydrogens (tertiary/aromatic N) is 2. The van der Waals surface area contributed by atoms with Crippen LogP contribution in [0.15, 0.2) is 60.7 Å². The number of carboxylic acids is 1. The van der Waals surface area contributed by atoms with Gasteiger partial charge in [0.25, 0.3) is 0 Å². The molecule has 0 amide bonds. The molecule has 2 aromatic heterocycles. The molecular weight excluding hydrogens is 384 g/mol. The van der Waals surface area contributed by atoms with Crippen LogP contribution in [0.4, 0.5) is 11.6 Å². The van der Waals surface area contributed by atoms with Crippen molar-refractivity contribution in [3.05, 3.63) is 71.8 Å². The number of anilines is 2. The third-order valence-electron chi connectivity index (χ3n) is 4.23. The number of fused-ring (bicyclic) bond motifs is 2. The number of pyridine rings is 2. The SMILES string of the molecule is CCOC(=O)c1cc2ccccc2nc1N.Nc1nc2ccccc2cc1C(=O)O. The van der Waals surface area contributed by atoms with Crippen LogP contribution in [-0.4, -0.2) is 33.6 Å². The van der Waals surface area contributed by atoms with Crippen molar-refractivity contribution in [2.45, 2.75) is 6.92 Å². The molecule has 2 aromatic carbocycles. The number of aromatic nitrogens is 2. The molecule has 4 rings (SSSR count). The van der Waals surface area contributed by atoms with Crippen LogP contribution in [0.5, 0.6) is 0 Å². The Balaban J connectivity index is 0.000000172. The number of para-hydroxylation sites is 2. The van der Waals surface area contributed by atoms with Crippen molar-refractivity contribution in [3.63, 3.8) is 0 Å². The first-order valence-electron chi connectivity index (χ1n) is 9.11. The van der Waals surface area contributed by atoms with Crippen molar-refractivity contribution in [2.24, 2.45) is 0 Å². The van der Waals surface area contributed by atoms with Gasteiger partial charge in [0.2, 0.25) is 0 Å². The Morgan fingerprint density at radius 2 is 1.33 bits per heavy atom. The fraction of sp³-hybridized carbons (Fsp3) is 0.0909. The van der Waals surface area contributed by atoms with Crippen molar-refractivity contribution in [2.75, 3.05) is 18.1 Å². The maximum Gasteiger partial charge on any atom is 0.341 e. The minimum Gasteiger partial charge on any atom is -0.478 e. The molecule has 0 aliphatic carbocycles. The lowest BCUT2D eigenvalue weighted by molar-refractivity contribution is 0.0527. The van der Waals surface area contributed by atoms with Crippen molar-refractivity contribution in [1.82, 2.24) is 9.97 Å². The van der Waals surface area contributed by atoms with Gasteiger partial charge in [-0.2, -0.15) is 0 Å². The molecule has 0 bridgehead atoms. The van der Waals surface area contributed by atoms with Gasteiger partial charge in [-0.15, -0.1) is 0 Å². The van der Waals surface area contributed by atoms with Crippen molar-refractivity contribution in [3.8, 4) is 0 Å².